The molecule has 2 heterocycles. The molecule has 2 N–H and O–H groups in total. The van der Waals surface area contributed by atoms with E-state index in [0.717, 1.165) is 73.9 Å². The minimum Gasteiger partial charge on any atom is -0.493 e. The van der Waals surface area contributed by atoms with Crippen molar-refractivity contribution in [1.82, 2.24) is 14.8 Å². The molecule has 0 fully saturated rings. The van der Waals surface area contributed by atoms with E-state index in [1.807, 2.05) is 44.3 Å². The molecule has 208 valence electrons. The van der Waals surface area contributed by atoms with Gasteiger partial charge in [-0.1, -0.05) is 73.5 Å². The van der Waals surface area contributed by atoms with Gasteiger partial charge in [0.15, 0.2) is 6.07 Å². The number of aryl methyl sites for hydroxylation is 4. The maximum Gasteiger partial charge on any atom is 0.356 e. The lowest BCUT2D eigenvalue weighted by atomic mass is 9.93. The summed E-state index contributed by atoms with van der Waals surface area (Å²) in [5.74, 6) is 0.343. The molecule has 0 amide bonds. The zero-order valence-corrected chi connectivity index (χ0v) is 23.8. The molecule has 0 atom stereocenters. The van der Waals surface area contributed by atoms with E-state index in [9.17, 15) is 9.90 Å². The number of halogens is 1. The van der Waals surface area contributed by atoms with Crippen LogP contribution in [-0.2, 0) is 31.2 Å². The summed E-state index contributed by atoms with van der Waals surface area (Å²) in [5.41, 5.74) is 6.62. The highest BCUT2D eigenvalue weighted by atomic mass is 35.5. The van der Waals surface area contributed by atoms with Gasteiger partial charge in [0.2, 0.25) is 0 Å². The molecule has 0 unspecified atom stereocenters. The van der Waals surface area contributed by atoms with Gasteiger partial charge in [-0.2, -0.15) is 5.10 Å². The van der Waals surface area contributed by atoms with Crippen molar-refractivity contribution < 1.29 is 19.4 Å². The minimum absolute atomic E-state index is 0.140. The number of fused-ring (bicyclic) bond motifs is 2. The molecular formula is C32H34ClN3O4. The number of carbonyl (C=O) groups is 1. The first-order chi connectivity index (χ1) is 19.5. The third-order valence-electron chi connectivity index (χ3n) is 7.38. The van der Waals surface area contributed by atoms with Crippen molar-refractivity contribution in [3.8, 4) is 16.9 Å². The van der Waals surface area contributed by atoms with Crippen LogP contribution in [0.4, 0.5) is 0 Å². The van der Waals surface area contributed by atoms with Crippen LogP contribution in [0.25, 0.3) is 32.8 Å². The average molecular weight is 560 g/mol. The number of aromatic amines is 1. The molecule has 0 radical (unpaired) electrons. The minimum atomic E-state index is -0.498. The fourth-order valence-corrected chi connectivity index (χ4v) is 5.65. The Morgan fingerprint density at radius 3 is 2.62 bits per heavy atom. The zero-order valence-electron chi connectivity index (χ0n) is 23.1. The van der Waals surface area contributed by atoms with E-state index in [1.54, 1.807) is 4.68 Å². The molecule has 7 nitrogen and oxygen atoms in total. The number of aliphatic hydroxyl groups is 1. The molecule has 5 aromatic rings. The number of hydrogen-bond acceptors (Lipinski definition) is 5. The Kier molecular flexibility index (Phi) is 8.43. The Balaban J connectivity index is 1.53. The lowest BCUT2D eigenvalue weighted by Crippen LogP contribution is -2.08. The molecule has 0 bridgehead atoms. The number of aliphatic hydroxyl groups excluding tert-OH is 1. The van der Waals surface area contributed by atoms with E-state index in [1.165, 1.54) is 0 Å². The van der Waals surface area contributed by atoms with Crippen molar-refractivity contribution in [2.24, 2.45) is 7.05 Å². The third-order valence-corrected chi connectivity index (χ3v) is 7.49. The highest BCUT2D eigenvalue weighted by molar-refractivity contribution is 6.18. The number of nitrogens with one attached hydrogen (secondary N) is 1. The highest BCUT2D eigenvalue weighted by Crippen LogP contribution is 2.39. The van der Waals surface area contributed by atoms with Crippen molar-refractivity contribution in [2.75, 3.05) is 12.7 Å². The van der Waals surface area contributed by atoms with E-state index in [-0.39, 0.29) is 12.7 Å². The Morgan fingerprint density at radius 2 is 1.85 bits per heavy atom. The molecule has 5 rings (SSSR count). The van der Waals surface area contributed by atoms with Crippen LogP contribution in [0.5, 0.6) is 5.75 Å². The van der Waals surface area contributed by atoms with E-state index in [2.05, 4.69) is 36.2 Å². The Bertz CT molecular complexity index is 1670. The van der Waals surface area contributed by atoms with Gasteiger partial charge >= 0.3 is 5.97 Å². The number of benzene rings is 3. The van der Waals surface area contributed by atoms with Crippen LogP contribution in [0.15, 0.2) is 54.6 Å². The summed E-state index contributed by atoms with van der Waals surface area (Å²) < 4.78 is 13.1. The van der Waals surface area contributed by atoms with Crippen molar-refractivity contribution in [1.29, 1.82) is 0 Å². The third kappa shape index (κ3) is 5.19. The van der Waals surface area contributed by atoms with Gasteiger partial charge in [-0.3, -0.25) is 4.68 Å². The van der Waals surface area contributed by atoms with Crippen molar-refractivity contribution in [3.63, 3.8) is 0 Å². The van der Waals surface area contributed by atoms with Crippen LogP contribution >= 0.6 is 11.6 Å². The van der Waals surface area contributed by atoms with Gasteiger partial charge in [-0.25, -0.2) is 4.79 Å². The van der Waals surface area contributed by atoms with Crippen LogP contribution in [-0.4, -0.2) is 38.5 Å². The molecule has 3 aromatic carbocycles. The first-order valence-electron chi connectivity index (χ1n) is 13.6. The molecule has 8 heteroatoms. The van der Waals surface area contributed by atoms with Gasteiger partial charge in [-0.05, 0) is 48.8 Å². The van der Waals surface area contributed by atoms with E-state index >= 15 is 0 Å². The number of alkyl halides is 1. The smallest absolute Gasteiger partial charge is 0.356 e. The second-order valence-electron chi connectivity index (χ2n) is 9.93. The van der Waals surface area contributed by atoms with E-state index in [0.29, 0.717) is 25.1 Å². The predicted molar refractivity (Wildman–Crippen MR) is 159 cm³/mol. The zero-order chi connectivity index (χ0) is 28.2. The number of nitrogens with zero attached hydrogens (tertiary/aromatic N) is 2. The maximum absolute atomic E-state index is 13.0. The van der Waals surface area contributed by atoms with E-state index in [4.69, 9.17) is 26.2 Å². The summed E-state index contributed by atoms with van der Waals surface area (Å²) in [6.07, 6.45) is 2.99. The molecule has 40 heavy (non-hydrogen) atoms. The van der Waals surface area contributed by atoms with Crippen LogP contribution in [0.2, 0.25) is 0 Å². The topological polar surface area (TPSA) is 89.4 Å². The average Bonchev–Trinajstić information content (AvgIpc) is 3.48. The number of carbonyl (C=O) groups excluding carboxylic acids is 1. The second kappa shape index (κ2) is 12.1. The second-order valence-corrected chi connectivity index (χ2v) is 10.1. The molecule has 0 saturated heterocycles. The Morgan fingerprint density at radius 1 is 1.05 bits per heavy atom. The predicted octanol–water partition coefficient (Wildman–Crippen LogP) is 6.84. The van der Waals surface area contributed by atoms with Crippen LogP contribution in [0.3, 0.4) is 0 Å². The fraction of sp³-hybridized carbons (Fsp3) is 0.312. The molecule has 0 spiro atoms. The molecule has 0 aliphatic heterocycles. The number of hydrogen-bond donors (Lipinski definition) is 2. The molecule has 0 aliphatic rings. The highest BCUT2D eigenvalue weighted by Gasteiger charge is 2.25. The fourth-order valence-electron chi connectivity index (χ4n) is 5.56. The Hall–Kier alpha value is -3.81. The Labute approximate surface area is 238 Å². The summed E-state index contributed by atoms with van der Waals surface area (Å²) in [5, 5.41) is 18.1. The van der Waals surface area contributed by atoms with Gasteiger partial charge in [0, 0.05) is 28.9 Å². The molecule has 2 aromatic heterocycles. The van der Waals surface area contributed by atoms with Gasteiger partial charge in [0.05, 0.1) is 30.1 Å². The summed E-state index contributed by atoms with van der Waals surface area (Å²) in [4.78, 5) is 16.4. The maximum atomic E-state index is 13.0. The standard InChI is InChI=1S/C32H34ClN3O4/c1-4-9-25-29(26(18-37)36(3)35-25)28-20(2)15-16-24-23(31(34-30(24)28)32(38)40-19-33)13-8-17-39-27-14-7-11-21-10-5-6-12-22(21)27/h5-7,10-12,14-16,34,37H,4,8-9,13,17-19H2,1-3H3. The number of H-pyrrole nitrogens is 1. The van der Waals surface area contributed by atoms with E-state index < -0.39 is 5.97 Å². The van der Waals surface area contributed by atoms with Gasteiger partial charge in [-0.15, -0.1) is 0 Å². The molecule has 0 saturated carbocycles. The first-order valence-corrected chi connectivity index (χ1v) is 14.2. The quantitative estimate of drug-likeness (QED) is 0.105. The summed E-state index contributed by atoms with van der Waals surface area (Å²) in [6.45, 7) is 4.49. The van der Waals surface area contributed by atoms with Crippen LogP contribution in [0, 0.1) is 6.92 Å². The number of ether oxygens (including phenoxy) is 2. The number of rotatable bonds is 11. The SMILES string of the molecule is CCCc1nn(C)c(CO)c1-c1c(C)ccc2c(CCCOc3cccc4ccccc34)c(C(=O)OCCl)[nH]c12. The van der Waals surface area contributed by atoms with Crippen LogP contribution < -0.4 is 4.74 Å². The summed E-state index contributed by atoms with van der Waals surface area (Å²) in [6, 6.07) is 18.0. The largest absolute Gasteiger partial charge is 0.493 e. The number of aromatic nitrogens is 3. The molecular weight excluding hydrogens is 526 g/mol. The molecule has 0 aliphatic carbocycles. The normalized spacial score (nSPS) is 11.4. The van der Waals surface area contributed by atoms with Crippen molar-refractivity contribution in [3.05, 3.63) is 82.8 Å². The monoisotopic (exact) mass is 559 g/mol. The lowest BCUT2D eigenvalue weighted by Gasteiger charge is -2.11. The van der Waals surface area contributed by atoms with Gasteiger partial charge in [0.25, 0.3) is 0 Å². The van der Waals surface area contributed by atoms with Crippen LogP contribution in [0.1, 0.15) is 52.8 Å². The number of esters is 1. The van der Waals surface area contributed by atoms with Crippen molar-refractivity contribution >= 4 is 39.2 Å². The van der Waals surface area contributed by atoms with Gasteiger partial charge < -0.3 is 19.6 Å². The van der Waals surface area contributed by atoms with Gasteiger partial charge in [0.1, 0.15) is 11.4 Å². The first kappa shape index (κ1) is 27.7. The lowest BCUT2D eigenvalue weighted by molar-refractivity contribution is 0.0567. The summed E-state index contributed by atoms with van der Waals surface area (Å²) in [7, 11) is 1.85. The summed E-state index contributed by atoms with van der Waals surface area (Å²) >= 11 is 5.77. The van der Waals surface area contributed by atoms with Crippen molar-refractivity contribution in [2.45, 2.75) is 46.1 Å².